The van der Waals surface area contributed by atoms with Crippen molar-refractivity contribution >= 4 is 34.1 Å². The summed E-state index contributed by atoms with van der Waals surface area (Å²) in [5.41, 5.74) is 2.11. The van der Waals surface area contributed by atoms with Crippen LogP contribution in [0.25, 0.3) is 10.8 Å². The smallest absolute Gasteiger partial charge is 0.261 e. The minimum absolute atomic E-state index is 0.117. The number of amides is 2. The molecule has 2 fully saturated rings. The van der Waals surface area contributed by atoms with Crippen molar-refractivity contribution in [2.45, 2.75) is 19.3 Å². The lowest BCUT2D eigenvalue weighted by atomic mass is 9.67. The molecule has 0 spiro atoms. The zero-order valence-corrected chi connectivity index (χ0v) is 13.0. The molecule has 2 amide bonds. The normalized spacial score (nSPS) is 25.8. The van der Waals surface area contributed by atoms with Crippen molar-refractivity contribution in [3.05, 3.63) is 53.6 Å². The molecule has 6 rings (SSSR count). The van der Waals surface area contributed by atoms with E-state index >= 15 is 0 Å². The summed E-state index contributed by atoms with van der Waals surface area (Å²) >= 11 is 0. The van der Waals surface area contributed by atoms with E-state index in [0.29, 0.717) is 24.1 Å². The lowest BCUT2D eigenvalue weighted by Gasteiger charge is -2.33. The van der Waals surface area contributed by atoms with E-state index < -0.39 is 5.92 Å². The van der Waals surface area contributed by atoms with Crippen LogP contribution in [0.2, 0.25) is 0 Å². The number of carbonyl (C=O) groups is 3. The van der Waals surface area contributed by atoms with Gasteiger partial charge in [-0.05, 0) is 24.3 Å². The van der Waals surface area contributed by atoms with Gasteiger partial charge in [-0.1, -0.05) is 42.0 Å². The molecule has 0 aromatic heterocycles. The Labute approximate surface area is 138 Å². The Morgan fingerprint density at radius 2 is 1.75 bits per heavy atom. The predicted molar refractivity (Wildman–Crippen MR) is 89.3 cm³/mol. The summed E-state index contributed by atoms with van der Waals surface area (Å²) < 4.78 is 0. The molecule has 4 nitrogen and oxygen atoms in total. The zero-order chi connectivity index (χ0) is 16.4. The number of allylic oxidation sites excluding steroid dienone is 1. The largest absolute Gasteiger partial charge is 0.299 e. The Morgan fingerprint density at radius 3 is 2.58 bits per heavy atom. The number of hydrogen-bond acceptors (Lipinski definition) is 3. The topological polar surface area (TPSA) is 54.5 Å². The van der Waals surface area contributed by atoms with Crippen LogP contribution in [0.5, 0.6) is 0 Å². The number of fused-ring (bicyclic) bond motifs is 3. The highest BCUT2D eigenvalue weighted by atomic mass is 16.2. The van der Waals surface area contributed by atoms with Crippen molar-refractivity contribution in [3.8, 4) is 0 Å². The van der Waals surface area contributed by atoms with Crippen LogP contribution in [0.3, 0.4) is 0 Å². The van der Waals surface area contributed by atoms with Crippen LogP contribution in [0.1, 0.15) is 19.3 Å². The van der Waals surface area contributed by atoms with Crippen LogP contribution < -0.4 is 4.90 Å². The molecule has 1 aliphatic heterocycles. The van der Waals surface area contributed by atoms with Crippen LogP contribution in [-0.4, -0.2) is 17.6 Å². The van der Waals surface area contributed by atoms with Gasteiger partial charge in [0.25, 0.3) is 5.91 Å². The molecule has 24 heavy (non-hydrogen) atoms. The Hall–Kier alpha value is -2.75. The summed E-state index contributed by atoms with van der Waals surface area (Å²) in [5, 5.41) is 1.87. The number of hydrogen-bond donors (Lipinski definition) is 0. The van der Waals surface area contributed by atoms with Crippen molar-refractivity contribution in [1.29, 1.82) is 0 Å². The highest BCUT2D eigenvalue weighted by molar-refractivity contribution is 6.33. The van der Waals surface area contributed by atoms with Crippen molar-refractivity contribution in [3.63, 3.8) is 0 Å². The number of carbonyl (C=O) groups excluding carboxylic acids is 3. The van der Waals surface area contributed by atoms with Crippen LogP contribution >= 0.6 is 0 Å². The molecule has 2 aromatic carbocycles. The van der Waals surface area contributed by atoms with Gasteiger partial charge in [-0.3, -0.25) is 14.4 Å². The quantitative estimate of drug-likeness (QED) is 0.760. The fraction of sp³-hybridized carbons (Fsp3) is 0.250. The molecule has 4 aliphatic rings. The maximum Gasteiger partial charge on any atom is 0.261 e. The second kappa shape index (κ2) is 4.63. The lowest BCUT2D eigenvalue weighted by molar-refractivity contribution is -0.131. The third kappa shape index (κ3) is 1.60. The second-order valence-corrected chi connectivity index (χ2v) is 6.76. The molecule has 2 bridgehead atoms. The van der Waals surface area contributed by atoms with E-state index in [9.17, 15) is 14.4 Å². The summed E-state index contributed by atoms with van der Waals surface area (Å²) in [4.78, 5) is 39.6. The fourth-order valence-corrected chi connectivity index (χ4v) is 4.49. The van der Waals surface area contributed by atoms with Crippen LogP contribution in [0.15, 0.2) is 53.6 Å². The van der Waals surface area contributed by atoms with E-state index in [1.54, 1.807) is 0 Å². The Kier molecular flexibility index (Phi) is 2.64. The van der Waals surface area contributed by atoms with E-state index in [-0.39, 0.29) is 23.5 Å². The molecule has 1 saturated heterocycles. The van der Waals surface area contributed by atoms with E-state index in [1.807, 2.05) is 42.5 Å². The minimum Gasteiger partial charge on any atom is -0.299 e. The van der Waals surface area contributed by atoms with Crippen LogP contribution in [0, 0.1) is 11.8 Å². The van der Waals surface area contributed by atoms with E-state index in [0.717, 1.165) is 22.8 Å². The average molecular weight is 317 g/mol. The third-order valence-corrected chi connectivity index (χ3v) is 5.58. The Morgan fingerprint density at radius 1 is 0.958 bits per heavy atom. The second-order valence-electron chi connectivity index (χ2n) is 6.76. The van der Waals surface area contributed by atoms with Gasteiger partial charge in [-0.2, -0.15) is 0 Å². The molecular formula is C20H15NO3. The van der Waals surface area contributed by atoms with Gasteiger partial charge in [-0.15, -0.1) is 0 Å². The zero-order valence-electron chi connectivity index (χ0n) is 13.0. The molecule has 0 N–H and O–H groups in total. The molecule has 3 aliphatic carbocycles. The number of ketones is 1. The fourth-order valence-electron chi connectivity index (χ4n) is 4.49. The molecule has 2 aromatic rings. The molecule has 1 heterocycles. The predicted octanol–water partition coefficient (Wildman–Crippen LogP) is 3.01. The van der Waals surface area contributed by atoms with Gasteiger partial charge in [0.05, 0.1) is 11.6 Å². The highest BCUT2D eigenvalue weighted by Gasteiger charge is 2.55. The summed E-state index contributed by atoms with van der Waals surface area (Å²) in [7, 11) is 0. The van der Waals surface area contributed by atoms with Crippen molar-refractivity contribution in [2.75, 3.05) is 4.90 Å². The molecular weight excluding hydrogens is 302 g/mol. The first kappa shape index (κ1) is 13.7. The minimum atomic E-state index is -0.554. The van der Waals surface area contributed by atoms with Crippen molar-refractivity contribution < 1.29 is 14.4 Å². The summed E-state index contributed by atoms with van der Waals surface area (Å²) in [6, 6.07) is 13.4. The SMILES string of the molecule is O=C1CC2=C3C(=O)N(c4cccc5ccccc45)C(=O)C3C1CC2. The number of benzene rings is 2. The first-order valence-electron chi connectivity index (χ1n) is 8.27. The van der Waals surface area contributed by atoms with Crippen LogP contribution in [0.4, 0.5) is 5.69 Å². The molecule has 118 valence electrons. The number of imide groups is 1. The van der Waals surface area contributed by atoms with Gasteiger partial charge >= 0.3 is 0 Å². The number of nitrogens with zero attached hydrogens (tertiary/aromatic N) is 1. The van der Waals surface area contributed by atoms with E-state index in [4.69, 9.17) is 0 Å². The molecule has 1 saturated carbocycles. The first-order chi connectivity index (χ1) is 11.7. The Balaban J connectivity index is 1.71. The maximum atomic E-state index is 13.0. The highest BCUT2D eigenvalue weighted by Crippen LogP contribution is 2.49. The van der Waals surface area contributed by atoms with Gasteiger partial charge in [0, 0.05) is 23.3 Å². The Bertz CT molecular complexity index is 967. The molecule has 4 heteroatoms. The summed E-state index contributed by atoms with van der Waals surface area (Å²) in [6.45, 7) is 0. The number of anilines is 1. The standard InChI is InChI=1S/C20H15NO3/c22-16-10-12-8-9-14(16)18-17(12)19(23)21(20(18)24)15-7-3-5-11-4-1-2-6-13(11)15/h1-7,14,18H,8-10H2. The van der Waals surface area contributed by atoms with Gasteiger partial charge < -0.3 is 0 Å². The van der Waals surface area contributed by atoms with Crippen LogP contribution in [-0.2, 0) is 14.4 Å². The van der Waals surface area contributed by atoms with Gasteiger partial charge in [-0.25, -0.2) is 4.90 Å². The molecule has 0 radical (unpaired) electrons. The average Bonchev–Trinajstić information content (AvgIpc) is 2.88. The summed E-state index contributed by atoms with van der Waals surface area (Å²) in [6.07, 6.45) is 1.81. The lowest BCUT2D eigenvalue weighted by Crippen LogP contribution is -2.38. The molecule has 2 atom stereocenters. The first-order valence-corrected chi connectivity index (χ1v) is 8.27. The number of rotatable bonds is 1. The molecule has 2 unspecified atom stereocenters. The van der Waals surface area contributed by atoms with Crippen molar-refractivity contribution in [1.82, 2.24) is 0 Å². The summed E-state index contributed by atoms with van der Waals surface area (Å²) in [5.74, 6) is -1.21. The van der Waals surface area contributed by atoms with Gasteiger partial charge in [0.15, 0.2) is 0 Å². The van der Waals surface area contributed by atoms with E-state index in [1.165, 1.54) is 4.90 Å². The maximum absolute atomic E-state index is 13.0. The number of Topliss-reactive ketones (excluding diaryl/α,β-unsaturated/α-hetero) is 1. The van der Waals surface area contributed by atoms with E-state index in [2.05, 4.69) is 0 Å². The third-order valence-electron chi connectivity index (χ3n) is 5.58. The van der Waals surface area contributed by atoms with Gasteiger partial charge in [0.2, 0.25) is 5.91 Å². The van der Waals surface area contributed by atoms with Gasteiger partial charge in [0.1, 0.15) is 5.78 Å². The monoisotopic (exact) mass is 317 g/mol. The van der Waals surface area contributed by atoms with Crippen molar-refractivity contribution in [2.24, 2.45) is 11.8 Å².